The van der Waals surface area contributed by atoms with Crippen molar-refractivity contribution in [3.63, 3.8) is 0 Å². The van der Waals surface area contributed by atoms with Crippen molar-refractivity contribution in [1.29, 1.82) is 0 Å². The van der Waals surface area contributed by atoms with E-state index in [0.717, 1.165) is 3.57 Å². The van der Waals surface area contributed by atoms with E-state index in [2.05, 4.69) is 33.2 Å². The molecule has 0 aliphatic heterocycles. The van der Waals surface area contributed by atoms with Crippen molar-refractivity contribution in [1.82, 2.24) is 10.6 Å². The van der Waals surface area contributed by atoms with Gasteiger partial charge in [-0.2, -0.15) is 0 Å². The molecular weight excluding hydrogens is 307 g/mol. The molecule has 1 rings (SSSR count). The zero-order valence-corrected chi connectivity index (χ0v) is 10.4. The molecule has 0 atom stereocenters. The minimum atomic E-state index is -0.239. The molecule has 0 spiro atoms. The second-order valence-electron chi connectivity index (χ2n) is 2.87. The van der Waals surface area contributed by atoms with Gasteiger partial charge in [0, 0.05) is 16.2 Å². The minimum Gasteiger partial charge on any atom is -0.358 e. The lowest BCUT2D eigenvalue weighted by Crippen LogP contribution is -2.35. The van der Waals surface area contributed by atoms with Crippen molar-refractivity contribution in [3.05, 3.63) is 33.4 Å². The summed E-state index contributed by atoms with van der Waals surface area (Å²) in [5.41, 5.74) is 0.561. The summed E-state index contributed by atoms with van der Waals surface area (Å²) in [6.45, 7) is 0.000800. The van der Waals surface area contributed by atoms with E-state index in [1.807, 2.05) is 6.07 Å². The molecule has 1 aromatic rings. The van der Waals surface area contributed by atoms with Crippen molar-refractivity contribution in [2.24, 2.45) is 0 Å². The predicted octanol–water partition coefficient (Wildman–Crippen LogP) is 0.767. The van der Waals surface area contributed by atoms with Crippen LogP contribution in [0.2, 0.25) is 0 Å². The molecule has 0 heterocycles. The summed E-state index contributed by atoms with van der Waals surface area (Å²) >= 11 is 2.13. The second kappa shape index (κ2) is 5.69. The number of hydrogen-bond acceptors (Lipinski definition) is 2. The van der Waals surface area contributed by atoms with Gasteiger partial charge in [-0.15, -0.1) is 0 Å². The minimum absolute atomic E-state index is 0.000800. The van der Waals surface area contributed by atoms with Crippen molar-refractivity contribution in [2.75, 3.05) is 13.6 Å². The van der Waals surface area contributed by atoms with Crippen molar-refractivity contribution < 1.29 is 9.59 Å². The van der Waals surface area contributed by atoms with Crippen LogP contribution in [-0.4, -0.2) is 25.4 Å². The average molecular weight is 318 g/mol. The fourth-order valence-corrected chi connectivity index (χ4v) is 1.52. The Bertz CT molecular complexity index is 379. The lowest BCUT2D eigenvalue weighted by molar-refractivity contribution is -0.119. The summed E-state index contributed by atoms with van der Waals surface area (Å²) in [6.07, 6.45) is 0. The maximum Gasteiger partial charge on any atom is 0.251 e. The van der Waals surface area contributed by atoms with E-state index >= 15 is 0 Å². The molecule has 0 aliphatic carbocycles. The fourth-order valence-electron chi connectivity index (χ4n) is 0.981. The van der Waals surface area contributed by atoms with E-state index < -0.39 is 0 Å². The van der Waals surface area contributed by atoms with E-state index in [-0.39, 0.29) is 18.4 Å². The van der Waals surface area contributed by atoms with Crippen LogP contribution < -0.4 is 10.6 Å². The van der Waals surface area contributed by atoms with Crippen LogP contribution in [0.15, 0.2) is 24.3 Å². The Morgan fingerprint density at radius 3 is 2.73 bits per heavy atom. The van der Waals surface area contributed by atoms with E-state index in [0.29, 0.717) is 5.56 Å². The molecule has 0 saturated carbocycles. The first-order valence-electron chi connectivity index (χ1n) is 4.38. The third-order valence-electron chi connectivity index (χ3n) is 1.78. The fraction of sp³-hybridized carbons (Fsp3) is 0.200. The molecule has 5 heteroatoms. The standard InChI is InChI=1S/C10H11IN2O2/c1-12-9(14)6-13-10(15)7-3-2-4-8(11)5-7/h2-5H,6H2,1H3,(H,12,14)(H,13,15). The molecule has 80 valence electrons. The molecule has 0 fully saturated rings. The van der Waals surface area contributed by atoms with Crippen LogP contribution in [-0.2, 0) is 4.79 Å². The maximum atomic E-state index is 11.5. The van der Waals surface area contributed by atoms with Crippen LogP contribution in [0.5, 0.6) is 0 Å². The number of rotatable bonds is 3. The highest BCUT2D eigenvalue weighted by Crippen LogP contribution is 2.07. The number of benzene rings is 1. The van der Waals surface area contributed by atoms with Gasteiger partial charge in [0.2, 0.25) is 5.91 Å². The van der Waals surface area contributed by atoms with E-state index in [1.165, 1.54) is 7.05 Å². The smallest absolute Gasteiger partial charge is 0.251 e. The van der Waals surface area contributed by atoms with Crippen LogP contribution in [0.4, 0.5) is 0 Å². The van der Waals surface area contributed by atoms with Gasteiger partial charge in [0.25, 0.3) is 5.91 Å². The Balaban J connectivity index is 2.58. The third-order valence-corrected chi connectivity index (χ3v) is 2.45. The number of carbonyl (C=O) groups is 2. The number of carbonyl (C=O) groups excluding carboxylic acids is 2. The number of amides is 2. The van der Waals surface area contributed by atoms with Crippen LogP contribution in [0.3, 0.4) is 0 Å². The molecule has 0 aliphatic rings. The van der Waals surface area contributed by atoms with Gasteiger partial charge in [0.05, 0.1) is 6.54 Å². The molecule has 0 unspecified atom stereocenters. The summed E-state index contributed by atoms with van der Waals surface area (Å²) in [5, 5.41) is 4.95. The molecule has 2 amide bonds. The molecule has 0 radical (unpaired) electrons. The van der Waals surface area contributed by atoms with Gasteiger partial charge < -0.3 is 10.6 Å². The molecular formula is C10H11IN2O2. The summed E-state index contributed by atoms with van der Waals surface area (Å²) in [5.74, 6) is -0.453. The monoisotopic (exact) mass is 318 g/mol. The summed E-state index contributed by atoms with van der Waals surface area (Å²) in [7, 11) is 1.53. The Morgan fingerprint density at radius 2 is 2.13 bits per heavy atom. The second-order valence-corrected chi connectivity index (χ2v) is 4.11. The normalized spacial score (nSPS) is 9.47. The zero-order chi connectivity index (χ0) is 11.3. The first kappa shape index (κ1) is 12.0. The quantitative estimate of drug-likeness (QED) is 0.809. The number of likely N-dealkylation sites (N-methyl/N-ethyl adjacent to an activating group) is 1. The molecule has 2 N–H and O–H groups in total. The Labute approximate surface area is 102 Å². The molecule has 0 saturated heterocycles. The first-order valence-corrected chi connectivity index (χ1v) is 5.45. The van der Waals surface area contributed by atoms with Crippen molar-refractivity contribution in [2.45, 2.75) is 0 Å². The van der Waals surface area contributed by atoms with Crippen LogP contribution in [0.1, 0.15) is 10.4 Å². The third kappa shape index (κ3) is 3.86. The summed E-state index contributed by atoms with van der Waals surface area (Å²) < 4.78 is 0.986. The molecule has 0 aromatic heterocycles. The zero-order valence-electron chi connectivity index (χ0n) is 8.21. The highest BCUT2D eigenvalue weighted by atomic mass is 127. The maximum absolute atomic E-state index is 11.5. The lowest BCUT2D eigenvalue weighted by Gasteiger charge is -2.04. The first-order chi connectivity index (χ1) is 7.13. The molecule has 1 aromatic carbocycles. The van der Waals surface area contributed by atoms with Crippen LogP contribution in [0.25, 0.3) is 0 Å². The van der Waals surface area contributed by atoms with Crippen LogP contribution >= 0.6 is 22.6 Å². The predicted molar refractivity (Wildman–Crippen MR) is 65.6 cm³/mol. The molecule has 4 nitrogen and oxygen atoms in total. The van der Waals surface area contributed by atoms with Gasteiger partial charge >= 0.3 is 0 Å². The summed E-state index contributed by atoms with van der Waals surface area (Å²) in [6, 6.07) is 7.17. The van der Waals surface area contributed by atoms with Gasteiger partial charge in [0.15, 0.2) is 0 Å². The lowest BCUT2D eigenvalue weighted by atomic mass is 10.2. The highest BCUT2D eigenvalue weighted by molar-refractivity contribution is 14.1. The van der Waals surface area contributed by atoms with Crippen molar-refractivity contribution in [3.8, 4) is 0 Å². The largest absolute Gasteiger partial charge is 0.358 e. The van der Waals surface area contributed by atoms with E-state index in [4.69, 9.17) is 0 Å². The topological polar surface area (TPSA) is 58.2 Å². The number of nitrogens with one attached hydrogen (secondary N) is 2. The highest BCUT2D eigenvalue weighted by Gasteiger charge is 2.06. The molecule has 0 bridgehead atoms. The van der Waals surface area contributed by atoms with Gasteiger partial charge in [0.1, 0.15) is 0 Å². The Hall–Kier alpha value is -1.11. The Kier molecular flexibility index (Phi) is 4.54. The van der Waals surface area contributed by atoms with Crippen molar-refractivity contribution >= 4 is 34.4 Å². The van der Waals surface area contributed by atoms with Gasteiger partial charge in [-0.05, 0) is 40.8 Å². The van der Waals surface area contributed by atoms with E-state index in [1.54, 1.807) is 18.2 Å². The van der Waals surface area contributed by atoms with Crippen LogP contribution in [0, 0.1) is 3.57 Å². The van der Waals surface area contributed by atoms with Gasteiger partial charge in [-0.3, -0.25) is 9.59 Å². The summed E-state index contributed by atoms with van der Waals surface area (Å²) in [4.78, 5) is 22.4. The number of halogens is 1. The number of hydrogen-bond donors (Lipinski definition) is 2. The van der Waals surface area contributed by atoms with Gasteiger partial charge in [-0.25, -0.2) is 0 Å². The molecule has 15 heavy (non-hydrogen) atoms. The van der Waals surface area contributed by atoms with E-state index in [9.17, 15) is 9.59 Å². The average Bonchev–Trinajstić information content (AvgIpc) is 2.25. The van der Waals surface area contributed by atoms with Gasteiger partial charge in [-0.1, -0.05) is 6.07 Å². The Morgan fingerprint density at radius 1 is 1.40 bits per heavy atom. The SMILES string of the molecule is CNC(=O)CNC(=O)c1cccc(I)c1.